The largest absolute Gasteiger partial charge is 0.316 e. The first-order chi connectivity index (χ1) is 8.67. The number of benzene rings is 1. The van der Waals surface area contributed by atoms with E-state index in [0.717, 1.165) is 18.5 Å². The number of nitrogens with zero attached hydrogens (tertiary/aromatic N) is 1. The van der Waals surface area contributed by atoms with Crippen LogP contribution in [0.1, 0.15) is 43.4 Å². The van der Waals surface area contributed by atoms with Gasteiger partial charge in [0.2, 0.25) is 0 Å². The minimum absolute atomic E-state index is 0.532. The topological polar surface area (TPSA) is 24.9 Å². The predicted molar refractivity (Wildman–Crippen MR) is 78.0 cm³/mol. The molecular weight excluding hydrogens is 220 g/mol. The number of aryl methyl sites for hydroxylation is 1. The van der Waals surface area contributed by atoms with Gasteiger partial charge in [-0.2, -0.15) is 0 Å². The first-order valence-electron chi connectivity index (χ1n) is 6.72. The molecule has 0 radical (unpaired) electrons. The molecule has 0 bridgehead atoms. The Bertz CT molecular complexity index is 544. The Morgan fingerprint density at radius 1 is 1.28 bits per heavy atom. The average molecular weight is 242 g/mol. The molecule has 0 aliphatic carbocycles. The van der Waals surface area contributed by atoms with Crippen LogP contribution in [0.3, 0.4) is 0 Å². The van der Waals surface area contributed by atoms with Crippen molar-refractivity contribution in [1.82, 2.24) is 10.3 Å². The van der Waals surface area contributed by atoms with E-state index in [4.69, 9.17) is 0 Å². The molecule has 2 heteroatoms. The number of hydrogen-bond acceptors (Lipinski definition) is 2. The Balaban J connectivity index is 2.73. The zero-order chi connectivity index (χ0) is 13.1. The highest BCUT2D eigenvalue weighted by Gasteiger charge is 2.10. The number of hydrogen-bond donors (Lipinski definition) is 1. The zero-order valence-corrected chi connectivity index (χ0v) is 11.7. The zero-order valence-electron chi connectivity index (χ0n) is 11.7. The van der Waals surface area contributed by atoms with Crippen molar-refractivity contribution in [1.29, 1.82) is 0 Å². The summed E-state index contributed by atoms with van der Waals surface area (Å²) in [5.41, 5.74) is 5.23. The number of rotatable bonds is 4. The molecule has 1 N–H and O–H groups in total. The molecule has 1 aromatic carbocycles. The molecule has 1 heterocycles. The molecule has 0 amide bonds. The average Bonchev–Trinajstić information content (AvgIpc) is 2.38. The maximum absolute atomic E-state index is 4.58. The Morgan fingerprint density at radius 3 is 2.67 bits per heavy atom. The van der Waals surface area contributed by atoms with Crippen molar-refractivity contribution in [2.45, 2.75) is 39.7 Å². The number of pyridine rings is 1. The highest BCUT2D eigenvalue weighted by Crippen LogP contribution is 2.27. The van der Waals surface area contributed by atoms with E-state index in [1.807, 2.05) is 13.2 Å². The first kappa shape index (κ1) is 13.0. The summed E-state index contributed by atoms with van der Waals surface area (Å²) in [4.78, 5) is 4.58. The van der Waals surface area contributed by atoms with Gasteiger partial charge in [0.1, 0.15) is 0 Å². The molecule has 0 fully saturated rings. The van der Waals surface area contributed by atoms with Gasteiger partial charge in [0, 0.05) is 18.1 Å². The second-order valence-corrected chi connectivity index (χ2v) is 5.09. The van der Waals surface area contributed by atoms with Crippen molar-refractivity contribution < 1.29 is 0 Å². The minimum atomic E-state index is 0.532. The van der Waals surface area contributed by atoms with Gasteiger partial charge in [-0.3, -0.25) is 4.98 Å². The number of aromatic nitrogens is 1. The van der Waals surface area contributed by atoms with E-state index in [2.05, 4.69) is 49.3 Å². The van der Waals surface area contributed by atoms with Crippen LogP contribution in [0.2, 0.25) is 0 Å². The van der Waals surface area contributed by atoms with Crippen molar-refractivity contribution in [3.8, 4) is 0 Å². The lowest BCUT2D eigenvalue weighted by Gasteiger charge is -2.14. The highest BCUT2D eigenvalue weighted by molar-refractivity contribution is 5.86. The molecule has 2 rings (SSSR count). The van der Waals surface area contributed by atoms with Crippen molar-refractivity contribution in [3.63, 3.8) is 0 Å². The first-order valence-corrected chi connectivity index (χ1v) is 6.72. The monoisotopic (exact) mass is 242 g/mol. The fourth-order valence-corrected chi connectivity index (χ4v) is 2.45. The SMILES string of the molecule is CCc1cc(CNC)c2nccc(C(C)C)c2c1. The standard InChI is InChI=1S/C16H22N2/c1-5-12-8-13(10-17-4)16-15(9-12)14(11(2)3)6-7-18-16/h6-9,11,17H,5,10H2,1-4H3. The number of nitrogens with one attached hydrogen (secondary N) is 1. The fraction of sp³-hybridized carbons (Fsp3) is 0.438. The molecule has 18 heavy (non-hydrogen) atoms. The van der Waals surface area contributed by atoms with Crippen LogP contribution in [0.4, 0.5) is 0 Å². The van der Waals surface area contributed by atoms with E-state index >= 15 is 0 Å². The molecule has 0 saturated carbocycles. The lowest BCUT2D eigenvalue weighted by atomic mass is 9.95. The summed E-state index contributed by atoms with van der Waals surface area (Å²) in [7, 11) is 1.98. The molecule has 0 atom stereocenters. The van der Waals surface area contributed by atoms with Gasteiger partial charge >= 0.3 is 0 Å². The van der Waals surface area contributed by atoms with E-state index in [-0.39, 0.29) is 0 Å². The van der Waals surface area contributed by atoms with Gasteiger partial charge in [-0.25, -0.2) is 0 Å². The van der Waals surface area contributed by atoms with Crippen molar-refractivity contribution >= 4 is 10.9 Å². The fourth-order valence-electron chi connectivity index (χ4n) is 2.45. The van der Waals surface area contributed by atoms with Crippen LogP contribution in [0.15, 0.2) is 24.4 Å². The van der Waals surface area contributed by atoms with Crippen LogP contribution >= 0.6 is 0 Å². The van der Waals surface area contributed by atoms with Gasteiger partial charge in [0.25, 0.3) is 0 Å². The second-order valence-electron chi connectivity index (χ2n) is 5.09. The van der Waals surface area contributed by atoms with E-state index < -0.39 is 0 Å². The third kappa shape index (κ3) is 2.39. The molecule has 0 aliphatic heterocycles. The highest BCUT2D eigenvalue weighted by atomic mass is 14.8. The molecule has 2 nitrogen and oxygen atoms in total. The molecule has 0 saturated heterocycles. The Hall–Kier alpha value is -1.41. The van der Waals surface area contributed by atoms with Crippen LogP contribution in [0.5, 0.6) is 0 Å². The van der Waals surface area contributed by atoms with Crippen LogP contribution in [-0.4, -0.2) is 12.0 Å². The Morgan fingerprint density at radius 2 is 2.06 bits per heavy atom. The van der Waals surface area contributed by atoms with Gasteiger partial charge in [-0.1, -0.05) is 26.8 Å². The summed E-state index contributed by atoms with van der Waals surface area (Å²) in [6.45, 7) is 7.56. The van der Waals surface area contributed by atoms with Gasteiger partial charge in [0.15, 0.2) is 0 Å². The van der Waals surface area contributed by atoms with Gasteiger partial charge in [0.05, 0.1) is 5.52 Å². The van der Waals surface area contributed by atoms with Crippen LogP contribution in [0.25, 0.3) is 10.9 Å². The third-order valence-corrected chi connectivity index (χ3v) is 3.41. The summed E-state index contributed by atoms with van der Waals surface area (Å²) >= 11 is 0. The van der Waals surface area contributed by atoms with E-state index in [0.29, 0.717) is 5.92 Å². The van der Waals surface area contributed by atoms with Crippen LogP contribution < -0.4 is 5.32 Å². The maximum atomic E-state index is 4.58. The lowest BCUT2D eigenvalue weighted by molar-refractivity contribution is 0.818. The molecule has 96 valence electrons. The van der Waals surface area contributed by atoms with Crippen molar-refractivity contribution in [2.75, 3.05) is 7.05 Å². The van der Waals surface area contributed by atoms with Crippen molar-refractivity contribution in [3.05, 3.63) is 41.1 Å². The van der Waals surface area contributed by atoms with E-state index in [1.54, 1.807) is 0 Å². The van der Waals surface area contributed by atoms with E-state index in [1.165, 1.54) is 22.1 Å². The smallest absolute Gasteiger partial charge is 0.0749 e. The Kier molecular flexibility index (Phi) is 3.97. The van der Waals surface area contributed by atoms with Gasteiger partial charge in [-0.05, 0) is 48.2 Å². The van der Waals surface area contributed by atoms with Crippen molar-refractivity contribution in [2.24, 2.45) is 0 Å². The Labute approximate surface area is 109 Å². The predicted octanol–water partition coefficient (Wildman–Crippen LogP) is 3.64. The number of fused-ring (bicyclic) bond motifs is 1. The summed E-state index contributed by atoms with van der Waals surface area (Å²) < 4.78 is 0. The molecule has 0 unspecified atom stereocenters. The molecule has 0 spiro atoms. The molecular formula is C16H22N2. The normalized spacial score (nSPS) is 11.4. The molecule has 0 aliphatic rings. The lowest BCUT2D eigenvalue weighted by Crippen LogP contribution is -2.07. The van der Waals surface area contributed by atoms with Gasteiger partial charge in [-0.15, -0.1) is 0 Å². The van der Waals surface area contributed by atoms with Crippen LogP contribution in [-0.2, 0) is 13.0 Å². The molecule has 2 aromatic rings. The van der Waals surface area contributed by atoms with Gasteiger partial charge < -0.3 is 5.32 Å². The van der Waals surface area contributed by atoms with Crippen LogP contribution in [0, 0.1) is 0 Å². The summed E-state index contributed by atoms with van der Waals surface area (Å²) in [6, 6.07) is 6.72. The molecule has 1 aromatic heterocycles. The maximum Gasteiger partial charge on any atom is 0.0749 e. The third-order valence-electron chi connectivity index (χ3n) is 3.41. The summed E-state index contributed by atoms with van der Waals surface area (Å²) in [6.07, 6.45) is 3.00. The summed E-state index contributed by atoms with van der Waals surface area (Å²) in [5, 5.41) is 4.55. The van der Waals surface area contributed by atoms with E-state index in [9.17, 15) is 0 Å². The second kappa shape index (κ2) is 5.49. The minimum Gasteiger partial charge on any atom is -0.316 e. The summed E-state index contributed by atoms with van der Waals surface area (Å²) in [5.74, 6) is 0.532. The quantitative estimate of drug-likeness (QED) is 0.885.